The molecule has 2 aromatic heterocycles. The van der Waals surface area contributed by atoms with Crippen molar-refractivity contribution in [3.8, 4) is 0 Å². The quantitative estimate of drug-likeness (QED) is 0.414. The predicted molar refractivity (Wildman–Crippen MR) is 96.4 cm³/mol. The summed E-state index contributed by atoms with van der Waals surface area (Å²) in [4.78, 5) is 39.2. The van der Waals surface area contributed by atoms with E-state index in [4.69, 9.17) is 34.3 Å². The monoisotopic (exact) mass is 467 g/mol. The number of rotatable bonds is 6. The van der Waals surface area contributed by atoms with Gasteiger partial charge in [-0.1, -0.05) is 0 Å². The van der Waals surface area contributed by atoms with E-state index in [1.165, 1.54) is 12.7 Å². The summed E-state index contributed by atoms with van der Waals surface area (Å²) in [5.41, 5.74) is 6.54. The minimum atomic E-state index is -5.25. The van der Waals surface area contributed by atoms with E-state index in [0.29, 0.717) is 11.2 Å². The fraction of sp³-hybridized carbons (Fsp3) is 0.615. The molecule has 2 aliphatic heterocycles. The predicted octanol–water partition coefficient (Wildman–Crippen LogP) is 0.0523. The van der Waals surface area contributed by atoms with Crippen LogP contribution in [-0.2, 0) is 32.2 Å². The number of hydrogen-bond acceptors (Lipinski definition) is 11. The minimum Gasteiger partial charge on any atom is -0.382 e. The summed E-state index contributed by atoms with van der Waals surface area (Å²) in [6, 6.07) is 0. The molecule has 2 aliphatic rings. The number of anilines is 1. The number of ether oxygens (including phenoxy) is 3. The molecule has 0 amide bonds. The zero-order chi connectivity index (χ0) is 21.9. The van der Waals surface area contributed by atoms with E-state index in [-0.39, 0.29) is 5.82 Å². The van der Waals surface area contributed by atoms with Crippen molar-refractivity contribution < 1.29 is 46.9 Å². The first kappa shape index (κ1) is 21.7. The molecule has 5 atom stereocenters. The van der Waals surface area contributed by atoms with Crippen LogP contribution in [0.2, 0.25) is 0 Å². The van der Waals surface area contributed by atoms with Crippen LogP contribution in [0, 0.1) is 0 Å². The molecule has 0 radical (unpaired) electrons. The second-order valence-electron chi connectivity index (χ2n) is 7.05. The zero-order valence-electron chi connectivity index (χ0n) is 15.6. The van der Waals surface area contributed by atoms with E-state index >= 15 is 0 Å². The van der Waals surface area contributed by atoms with Crippen LogP contribution in [0.25, 0.3) is 11.2 Å². The van der Waals surface area contributed by atoms with E-state index in [1.807, 2.05) is 0 Å². The van der Waals surface area contributed by atoms with Crippen LogP contribution in [0.3, 0.4) is 0 Å². The number of phosphoric acid groups is 2. The molecule has 0 aliphatic carbocycles. The molecule has 30 heavy (non-hydrogen) atoms. The highest BCUT2D eigenvalue weighted by Crippen LogP contribution is 2.58. The first-order chi connectivity index (χ1) is 13.9. The molecule has 5 N–H and O–H groups in total. The van der Waals surface area contributed by atoms with E-state index in [2.05, 4.69) is 19.3 Å². The van der Waals surface area contributed by atoms with Crippen molar-refractivity contribution in [3.63, 3.8) is 0 Å². The molecule has 3 unspecified atom stereocenters. The van der Waals surface area contributed by atoms with Gasteiger partial charge >= 0.3 is 15.6 Å². The smallest absolute Gasteiger partial charge is 0.382 e. The lowest BCUT2D eigenvalue weighted by atomic mass is 10.1. The standard InChI is InChI=1S/C13H19N5O10P2/c1-13(2)26-8-6(3-24-30(22,23)28-29(19,20)21)25-12(9(8)27-13)18-5-17-7-10(14)15-4-16-11(7)18/h4-6,8-9,12H,3H2,1-2H3,(H,22,23)(H2,14,15,16)(H2,19,20,21)/t6-,8?,9?,12-/m0/s1. The fourth-order valence-electron chi connectivity index (χ4n) is 3.40. The third kappa shape index (κ3) is 4.27. The normalized spacial score (nSPS) is 30.4. The van der Waals surface area contributed by atoms with Gasteiger partial charge in [-0.05, 0) is 13.8 Å². The summed E-state index contributed by atoms with van der Waals surface area (Å²) in [5.74, 6) is -0.821. The number of nitrogen functional groups attached to an aromatic ring is 1. The van der Waals surface area contributed by atoms with Crippen molar-refractivity contribution in [2.75, 3.05) is 12.3 Å². The topological polar surface area (TPSA) is 211 Å². The first-order valence-corrected chi connectivity index (χ1v) is 11.6. The summed E-state index contributed by atoms with van der Waals surface area (Å²) in [7, 11) is -10.3. The van der Waals surface area contributed by atoms with Gasteiger partial charge in [0.1, 0.15) is 30.2 Å². The van der Waals surface area contributed by atoms with Crippen LogP contribution in [0.5, 0.6) is 0 Å². The van der Waals surface area contributed by atoms with Crippen molar-refractivity contribution in [3.05, 3.63) is 12.7 Å². The summed E-state index contributed by atoms with van der Waals surface area (Å²) < 4.78 is 50.3. The Morgan fingerprint density at radius 3 is 2.60 bits per heavy atom. The van der Waals surface area contributed by atoms with Crippen molar-refractivity contribution in [2.24, 2.45) is 0 Å². The van der Waals surface area contributed by atoms with Gasteiger partial charge in [0, 0.05) is 0 Å². The highest BCUT2D eigenvalue weighted by molar-refractivity contribution is 7.60. The van der Waals surface area contributed by atoms with Gasteiger partial charge in [-0.25, -0.2) is 24.1 Å². The molecule has 0 saturated carbocycles. The van der Waals surface area contributed by atoms with Crippen LogP contribution in [0.15, 0.2) is 12.7 Å². The van der Waals surface area contributed by atoms with E-state index < -0.39 is 52.6 Å². The molecule has 166 valence electrons. The maximum absolute atomic E-state index is 11.8. The first-order valence-electron chi connectivity index (χ1n) is 8.53. The highest BCUT2D eigenvalue weighted by Gasteiger charge is 2.56. The molecule has 0 bridgehead atoms. The van der Waals surface area contributed by atoms with Crippen molar-refractivity contribution in [1.82, 2.24) is 19.5 Å². The number of fused-ring (bicyclic) bond motifs is 2. The van der Waals surface area contributed by atoms with Gasteiger partial charge in [-0.3, -0.25) is 9.09 Å². The Morgan fingerprint density at radius 1 is 1.20 bits per heavy atom. The molecule has 0 spiro atoms. The number of phosphoric ester groups is 1. The summed E-state index contributed by atoms with van der Waals surface area (Å²) in [5, 5.41) is 0. The fourth-order valence-corrected chi connectivity index (χ4v) is 5.00. The Hall–Kier alpha value is -1.51. The van der Waals surface area contributed by atoms with E-state index in [1.54, 1.807) is 18.4 Å². The molecule has 4 heterocycles. The number of nitrogens with two attached hydrogens (primary N) is 1. The molecule has 0 aromatic carbocycles. The summed E-state index contributed by atoms with van der Waals surface area (Å²) in [6.07, 6.45) is -0.479. The van der Waals surface area contributed by atoms with Gasteiger partial charge in [0.05, 0.1) is 12.9 Å². The van der Waals surface area contributed by atoms with Crippen molar-refractivity contribution in [1.29, 1.82) is 0 Å². The van der Waals surface area contributed by atoms with Gasteiger partial charge in [-0.15, -0.1) is 0 Å². The zero-order valence-corrected chi connectivity index (χ0v) is 17.4. The van der Waals surface area contributed by atoms with Crippen molar-refractivity contribution >= 4 is 32.6 Å². The second kappa shape index (κ2) is 7.28. The van der Waals surface area contributed by atoms with Crippen LogP contribution >= 0.6 is 15.6 Å². The lowest BCUT2D eigenvalue weighted by Crippen LogP contribution is -2.32. The van der Waals surface area contributed by atoms with E-state index in [0.717, 1.165) is 0 Å². The van der Waals surface area contributed by atoms with Crippen LogP contribution in [0.4, 0.5) is 5.82 Å². The van der Waals surface area contributed by atoms with Crippen LogP contribution in [0.1, 0.15) is 20.1 Å². The largest absolute Gasteiger partial charge is 0.481 e. The van der Waals surface area contributed by atoms with Gasteiger partial charge in [0.15, 0.2) is 23.5 Å². The number of nitrogens with zero attached hydrogens (tertiary/aromatic N) is 4. The highest BCUT2D eigenvalue weighted by atomic mass is 31.3. The number of hydrogen-bond donors (Lipinski definition) is 4. The van der Waals surface area contributed by atoms with Gasteiger partial charge < -0.3 is 34.6 Å². The summed E-state index contributed by atoms with van der Waals surface area (Å²) in [6.45, 7) is 2.79. The Balaban J connectivity index is 1.59. The molecule has 2 aromatic rings. The van der Waals surface area contributed by atoms with E-state index in [9.17, 15) is 14.0 Å². The lowest BCUT2D eigenvalue weighted by molar-refractivity contribution is -0.199. The third-order valence-electron chi connectivity index (χ3n) is 4.40. The second-order valence-corrected chi connectivity index (χ2v) is 9.88. The molecule has 15 nitrogen and oxygen atoms in total. The average molecular weight is 467 g/mol. The third-order valence-corrected chi connectivity index (χ3v) is 6.55. The van der Waals surface area contributed by atoms with Crippen molar-refractivity contribution in [2.45, 2.75) is 44.2 Å². The Bertz CT molecular complexity index is 1060. The SMILES string of the molecule is CC1(C)OC2C(O1)[C@@H](n1cnc3c(N)ncnc31)O[C@H]2COP(=O)(O)OP(=O)(O)O. The van der Waals surface area contributed by atoms with Gasteiger partial charge in [0.25, 0.3) is 0 Å². The molecular weight excluding hydrogens is 448 g/mol. The minimum absolute atomic E-state index is 0.174. The molecule has 17 heteroatoms. The van der Waals surface area contributed by atoms with Crippen LogP contribution in [-0.4, -0.2) is 64.9 Å². The van der Waals surface area contributed by atoms with Crippen LogP contribution < -0.4 is 5.73 Å². The van der Waals surface area contributed by atoms with Gasteiger partial charge in [-0.2, -0.15) is 4.31 Å². The number of imidazole rings is 1. The molecular formula is C13H19N5O10P2. The van der Waals surface area contributed by atoms with Gasteiger partial charge in [0.2, 0.25) is 0 Å². The maximum atomic E-state index is 11.8. The maximum Gasteiger partial charge on any atom is 0.481 e. The Morgan fingerprint density at radius 2 is 1.90 bits per heavy atom. The molecule has 4 rings (SSSR count). The summed E-state index contributed by atoms with van der Waals surface area (Å²) >= 11 is 0. The molecule has 2 saturated heterocycles. The Kier molecular flexibility index (Phi) is 5.27. The molecule has 2 fully saturated rings. The lowest BCUT2D eigenvalue weighted by Gasteiger charge is -2.25. The Labute approximate surface area is 168 Å². The number of aromatic nitrogens is 4. The average Bonchev–Trinajstić information content (AvgIpc) is 3.22.